The molecule has 2 aliphatic rings. The summed E-state index contributed by atoms with van der Waals surface area (Å²) in [6.45, 7) is 2.12. The van der Waals surface area contributed by atoms with Crippen molar-refractivity contribution in [1.82, 2.24) is 20.0 Å². The highest BCUT2D eigenvalue weighted by molar-refractivity contribution is 5.93. The van der Waals surface area contributed by atoms with Gasteiger partial charge in [-0.3, -0.25) is 9.78 Å². The number of rotatable bonds is 4. The van der Waals surface area contributed by atoms with Crippen LogP contribution >= 0.6 is 0 Å². The van der Waals surface area contributed by atoms with Gasteiger partial charge in [0.15, 0.2) is 0 Å². The molecule has 2 aliphatic heterocycles. The van der Waals surface area contributed by atoms with Gasteiger partial charge in [0, 0.05) is 44.1 Å². The molecule has 8 heteroatoms. The molecule has 1 spiro atoms. The molecule has 3 aromatic heterocycles. The fourth-order valence-corrected chi connectivity index (χ4v) is 4.54. The highest BCUT2D eigenvalue weighted by Gasteiger charge is 2.41. The van der Waals surface area contributed by atoms with E-state index in [1.165, 1.54) is 12.5 Å². The Morgan fingerprint density at radius 3 is 2.80 bits per heavy atom. The van der Waals surface area contributed by atoms with Crippen molar-refractivity contribution in [2.45, 2.75) is 37.7 Å². The second kappa shape index (κ2) is 8.02. The minimum Gasteiger partial charge on any atom is -0.472 e. The zero-order valence-electron chi connectivity index (χ0n) is 16.7. The Bertz CT molecular complexity index is 978. The lowest BCUT2D eigenvalue weighted by Gasteiger charge is -2.46. The summed E-state index contributed by atoms with van der Waals surface area (Å²) in [5.41, 5.74) is 1.34. The molecule has 0 N–H and O–H groups in total. The van der Waals surface area contributed by atoms with E-state index in [-0.39, 0.29) is 11.5 Å². The Morgan fingerprint density at radius 1 is 1.20 bits per heavy atom. The van der Waals surface area contributed by atoms with Gasteiger partial charge in [-0.2, -0.15) is 4.98 Å². The van der Waals surface area contributed by atoms with E-state index in [1.54, 1.807) is 18.5 Å². The molecule has 30 heavy (non-hydrogen) atoms. The van der Waals surface area contributed by atoms with Crippen LogP contribution in [0.3, 0.4) is 0 Å². The Labute approximate surface area is 174 Å². The number of furan rings is 1. The lowest BCUT2D eigenvalue weighted by Crippen LogP contribution is -2.51. The van der Waals surface area contributed by atoms with Gasteiger partial charge in [-0.05, 0) is 49.8 Å². The molecular weight excluding hydrogens is 384 g/mol. The summed E-state index contributed by atoms with van der Waals surface area (Å²) in [4.78, 5) is 23.0. The second-order valence-corrected chi connectivity index (χ2v) is 8.15. The van der Waals surface area contributed by atoms with Crippen molar-refractivity contribution in [1.29, 1.82) is 0 Å². The minimum atomic E-state index is -0.163. The van der Waals surface area contributed by atoms with Crippen LogP contribution in [0.25, 0.3) is 11.4 Å². The first kappa shape index (κ1) is 19.0. The molecular formula is C22H24N4O4. The first-order valence-corrected chi connectivity index (χ1v) is 10.4. The molecule has 5 rings (SSSR count). The van der Waals surface area contributed by atoms with Crippen molar-refractivity contribution in [3.05, 3.63) is 54.6 Å². The molecule has 0 radical (unpaired) electrons. The van der Waals surface area contributed by atoms with Crippen LogP contribution in [0.15, 0.2) is 52.1 Å². The Morgan fingerprint density at radius 2 is 2.03 bits per heavy atom. The van der Waals surface area contributed by atoms with Gasteiger partial charge in [0.25, 0.3) is 5.91 Å². The van der Waals surface area contributed by atoms with E-state index in [0.29, 0.717) is 36.3 Å². The van der Waals surface area contributed by atoms with Gasteiger partial charge in [0.1, 0.15) is 6.26 Å². The molecule has 1 atom stereocenters. The average molecular weight is 408 g/mol. The van der Waals surface area contributed by atoms with E-state index in [0.717, 1.165) is 44.3 Å². The fourth-order valence-electron chi connectivity index (χ4n) is 4.54. The van der Waals surface area contributed by atoms with Gasteiger partial charge in [-0.15, -0.1) is 0 Å². The van der Waals surface area contributed by atoms with Crippen molar-refractivity contribution in [2.24, 2.45) is 5.92 Å². The molecule has 0 bridgehead atoms. The second-order valence-electron chi connectivity index (χ2n) is 8.15. The van der Waals surface area contributed by atoms with Crippen LogP contribution in [0, 0.1) is 5.92 Å². The Kier molecular flexibility index (Phi) is 5.08. The summed E-state index contributed by atoms with van der Waals surface area (Å²) in [5.74, 6) is 1.72. The number of amides is 1. The number of aromatic nitrogens is 3. The molecule has 0 unspecified atom stereocenters. The maximum atomic E-state index is 12.6. The highest BCUT2D eigenvalue weighted by atomic mass is 16.5. The molecule has 2 saturated heterocycles. The summed E-state index contributed by atoms with van der Waals surface area (Å²) in [5, 5.41) is 4.11. The van der Waals surface area contributed by atoms with Gasteiger partial charge in [0.05, 0.1) is 17.4 Å². The molecule has 0 aromatic carbocycles. The normalized spacial score (nSPS) is 21.1. The van der Waals surface area contributed by atoms with Gasteiger partial charge in [0.2, 0.25) is 11.7 Å². The number of ether oxygens (including phenoxy) is 1. The molecule has 156 valence electrons. The number of pyridine rings is 1. The number of likely N-dealkylation sites (tertiary alicyclic amines) is 1. The molecule has 0 saturated carbocycles. The first-order valence-electron chi connectivity index (χ1n) is 10.4. The van der Waals surface area contributed by atoms with Gasteiger partial charge in [-0.1, -0.05) is 5.16 Å². The highest BCUT2D eigenvalue weighted by Crippen LogP contribution is 2.39. The third kappa shape index (κ3) is 3.87. The largest absolute Gasteiger partial charge is 0.472 e. The summed E-state index contributed by atoms with van der Waals surface area (Å²) in [6, 6.07) is 5.46. The third-order valence-electron chi connectivity index (χ3n) is 6.19. The number of piperidine rings is 1. The van der Waals surface area contributed by atoms with Crippen molar-refractivity contribution in [2.75, 3.05) is 19.7 Å². The van der Waals surface area contributed by atoms with Crippen molar-refractivity contribution in [3.8, 4) is 11.4 Å². The van der Waals surface area contributed by atoms with Crippen LogP contribution in [0.2, 0.25) is 0 Å². The van der Waals surface area contributed by atoms with Crippen LogP contribution < -0.4 is 0 Å². The first-order chi connectivity index (χ1) is 14.7. The van der Waals surface area contributed by atoms with E-state index in [2.05, 4.69) is 15.1 Å². The van der Waals surface area contributed by atoms with Gasteiger partial charge in [-0.25, -0.2) is 0 Å². The van der Waals surface area contributed by atoms with E-state index < -0.39 is 0 Å². The number of nitrogens with zero attached hydrogens (tertiary/aromatic N) is 4. The maximum absolute atomic E-state index is 12.6. The smallest absolute Gasteiger partial charge is 0.257 e. The zero-order chi connectivity index (χ0) is 20.4. The average Bonchev–Trinajstić information content (AvgIpc) is 3.47. The fraction of sp³-hybridized carbons (Fsp3) is 0.455. The lowest BCUT2D eigenvalue weighted by molar-refractivity contribution is -0.124. The van der Waals surface area contributed by atoms with Crippen LogP contribution in [0.4, 0.5) is 0 Å². The summed E-state index contributed by atoms with van der Waals surface area (Å²) < 4.78 is 16.8. The van der Waals surface area contributed by atoms with E-state index >= 15 is 0 Å². The minimum absolute atomic E-state index is 0.0282. The van der Waals surface area contributed by atoms with Gasteiger partial charge >= 0.3 is 0 Å². The Hall–Kier alpha value is -3.00. The molecule has 5 heterocycles. The van der Waals surface area contributed by atoms with Crippen LogP contribution in [-0.4, -0.2) is 51.2 Å². The molecule has 0 aliphatic carbocycles. The summed E-state index contributed by atoms with van der Waals surface area (Å²) in [7, 11) is 0. The molecule has 8 nitrogen and oxygen atoms in total. The topological polar surface area (TPSA) is 94.5 Å². The SMILES string of the molecule is O=C(c1ccoc1)N1CCC2(CC1)C[C@@H](Cc1nc(-c3ccncc3)no1)CCO2. The van der Waals surface area contributed by atoms with Crippen LogP contribution in [-0.2, 0) is 11.2 Å². The number of carbonyl (C=O) groups is 1. The molecule has 1 amide bonds. The predicted molar refractivity (Wildman–Crippen MR) is 106 cm³/mol. The zero-order valence-corrected chi connectivity index (χ0v) is 16.7. The monoisotopic (exact) mass is 408 g/mol. The van der Waals surface area contributed by atoms with Crippen molar-refractivity contribution < 1.29 is 18.5 Å². The standard InChI is InChI=1S/C22H24N4O4/c27-21(18-4-11-28-15-18)26-9-5-22(6-10-26)14-16(3-12-29-22)13-19-24-20(25-30-19)17-1-7-23-8-2-17/h1-2,4,7-8,11,15-16H,3,5-6,9-10,12-14H2/t16-/m1/s1. The molecule has 2 fully saturated rings. The van der Waals surface area contributed by atoms with E-state index in [9.17, 15) is 4.79 Å². The van der Waals surface area contributed by atoms with Crippen molar-refractivity contribution in [3.63, 3.8) is 0 Å². The number of hydrogen-bond donors (Lipinski definition) is 0. The van der Waals surface area contributed by atoms with Crippen LogP contribution in [0.5, 0.6) is 0 Å². The van der Waals surface area contributed by atoms with E-state index in [1.807, 2.05) is 17.0 Å². The number of carbonyl (C=O) groups excluding carboxylic acids is 1. The van der Waals surface area contributed by atoms with Crippen LogP contribution in [0.1, 0.15) is 41.9 Å². The summed E-state index contributed by atoms with van der Waals surface area (Å²) in [6.07, 6.45) is 10.9. The lowest BCUT2D eigenvalue weighted by atomic mass is 9.78. The maximum Gasteiger partial charge on any atom is 0.257 e. The third-order valence-corrected chi connectivity index (χ3v) is 6.19. The number of hydrogen-bond acceptors (Lipinski definition) is 7. The van der Waals surface area contributed by atoms with Crippen molar-refractivity contribution >= 4 is 5.91 Å². The summed E-state index contributed by atoms with van der Waals surface area (Å²) >= 11 is 0. The quantitative estimate of drug-likeness (QED) is 0.653. The predicted octanol–water partition coefficient (Wildman–Crippen LogP) is 3.37. The van der Waals surface area contributed by atoms with Gasteiger partial charge < -0.3 is 18.6 Å². The Balaban J connectivity index is 1.20. The van der Waals surface area contributed by atoms with E-state index in [4.69, 9.17) is 13.7 Å². The molecule has 3 aromatic rings.